The van der Waals surface area contributed by atoms with Crippen LogP contribution in [0.1, 0.15) is 238 Å². The molecule has 0 aromatic heterocycles. The number of ether oxygens (including phenoxy) is 8. The number of amides is 3. The van der Waals surface area contributed by atoms with Gasteiger partial charge in [-0.15, -0.1) is 0 Å². The van der Waals surface area contributed by atoms with Gasteiger partial charge in [-0.1, -0.05) is 128 Å². The maximum atomic E-state index is 14.3. The first-order chi connectivity index (χ1) is 51.2. The lowest BCUT2D eigenvalue weighted by molar-refractivity contribution is -0.571. The molecule has 0 aromatic rings. The van der Waals surface area contributed by atoms with Gasteiger partial charge >= 0.3 is 0 Å². The van der Waals surface area contributed by atoms with Crippen LogP contribution < -0.4 is 16.0 Å². The molecule has 20 aliphatic rings. The second-order valence-corrected chi connectivity index (χ2v) is 59.2. The van der Waals surface area contributed by atoms with Crippen LogP contribution in [-0.4, -0.2) is 156 Å². The molecule has 8 bridgehead atoms. The van der Waals surface area contributed by atoms with Crippen molar-refractivity contribution < 1.29 is 91.4 Å². The Bertz CT molecular complexity index is 3140. The summed E-state index contributed by atoms with van der Waals surface area (Å²) in [5.74, 6) is 2.59. The zero-order chi connectivity index (χ0) is 78.2. The summed E-state index contributed by atoms with van der Waals surface area (Å²) < 4.78 is 53.4. The van der Waals surface area contributed by atoms with E-state index in [1.54, 1.807) is 0 Å². The molecule has 25 heteroatoms. The second kappa shape index (κ2) is 32.2. The van der Waals surface area contributed by atoms with Gasteiger partial charge in [0.1, 0.15) is 0 Å². The molecule has 3 N–H and O–H groups in total. The average Bonchev–Trinajstić information content (AvgIpc) is 1.41. The summed E-state index contributed by atoms with van der Waals surface area (Å²) in [4.78, 5) is 88.3. The highest BCUT2D eigenvalue weighted by Crippen LogP contribution is 2.66. The SMILES string of the molecule is C.C[C@H]1[C@@H](CC(C[C@H]2O[C@@H]3O[C@]4(C)CC[C@H]5[C@H](C)CCC([C@H]2C)[C@@]35OO4)C(=O)NC[Si](C)(C)C)O[C@@H]2O[C@]3(C)CC[C@H]4[C@H](C)CC[C@@H]1[C@@]24OO3.C[C@H]1[C@@H](CCC(=O)NCCC[Si](C)(C)C)O[C@@H]2O[C@]3(C)CC[C@H]4[C@H](C)CC[C@@H]1[C@@]24OO3.C[C@H]1[C@@H](CCC(=O)NC[Si](C)(C)C)O[C@@H]2O[C@]3(C)CC[C@H]4[C@H](C)CC[C@@H]1[C@@]24OO3. The van der Waals surface area contributed by atoms with Crippen LogP contribution in [0.25, 0.3) is 0 Å². The van der Waals surface area contributed by atoms with Gasteiger partial charge in [0, 0.05) is 95.1 Å². The van der Waals surface area contributed by atoms with Crippen molar-refractivity contribution in [2.24, 2.45) is 101 Å². The van der Waals surface area contributed by atoms with Crippen LogP contribution in [0.3, 0.4) is 0 Å². The zero-order valence-corrected chi connectivity index (χ0v) is 73.8. The Morgan fingerprint density at radius 2 is 0.655 bits per heavy atom. The Hall–Kier alpha value is -1.58. The number of carbonyl (C=O) groups excluding carboxylic acids is 3. The highest BCUT2D eigenvalue weighted by atomic mass is 28.3. The van der Waals surface area contributed by atoms with Crippen LogP contribution in [0.4, 0.5) is 0 Å². The Morgan fingerprint density at radius 1 is 0.364 bits per heavy atom. The molecule has 2 unspecified atom stereocenters. The molecule has 33 atom stereocenters. The fourth-order valence-corrected chi connectivity index (χ4v) is 27.1. The Kier molecular flexibility index (Phi) is 25.2. The van der Waals surface area contributed by atoms with Crippen molar-refractivity contribution in [3.05, 3.63) is 0 Å². The standard InChI is InChI=1S/C38H63NO9Si.C24H43NO5Si.C22H39NO5Si.CH4/c1-21-10-12-28-23(3)30(41-33-37(28)26(21)14-16-35(5,43-33)45-47-37)18-25(32(40)39-20-49(7,8)9)19-31-24(4)29-13-11-22(2)27-15-17-36(6)44-34(42-31)38(27,29)48-46-36;1-16-8-9-19-17(2)20(10-11-21(26)25-14-7-15-31(4,5)6)27-22-24(19)18(16)12-13-23(3,28-22)29-30-24;1-14-7-8-17-15(2)18(9-10-19(24)23-13-29(4,5)6)25-20-22(17)16(14)11-12-21(3,26-20)27-28-22;/h21-31,33-34H,10-20H2,1-9H3,(H,39,40);16-20,22H,7-15H2,1-6H3,(H,25,26);14-18,20H,7-13H2,1-6H3,(H,23,24);1H4/t21-,22-,23-,24-,25?,26+,27+,28+,29?,30-,31-,33-,34-,35+,36+,37-,38-;16-,17-,18+,19+,20-,22-,23+,24-;14-,15-,16+,17+,18-,20-,21+,22-;/m111./s1. The number of hydrogen-bond acceptors (Lipinski definition) is 19. The molecule has 4 aliphatic carbocycles. The molecule has 20 fully saturated rings. The first-order valence-corrected chi connectivity index (χ1v) is 54.9. The molecule has 22 nitrogen and oxygen atoms in total. The molecule has 16 aliphatic heterocycles. The summed E-state index contributed by atoms with van der Waals surface area (Å²) in [5.41, 5.74) is -2.25. The van der Waals surface area contributed by atoms with E-state index in [-0.39, 0.29) is 79.2 Å². The molecule has 110 heavy (non-hydrogen) atoms. The van der Waals surface area contributed by atoms with Gasteiger partial charge in [-0.2, -0.15) is 0 Å². The normalized spacial score (nSPS) is 48.8. The minimum atomic E-state index is -1.53. The van der Waals surface area contributed by atoms with Crippen LogP contribution >= 0.6 is 0 Å². The summed E-state index contributed by atoms with van der Waals surface area (Å²) in [7, 11) is -3.86. The third-order valence-corrected chi connectivity index (χ3v) is 35.3. The Balaban J connectivity index is 0.000000152. The quantitative estimate of drug-likeness (QED) is 0.0619. The number of rotatable bonds is 19. The maximum absolute atomic E-state index is 14.3. The van der Waals surface area contributed by atoms with Crippen molar-refractivity contribution in [2.75, 3.05) is 18.9 Å². The Morgan fingerprint density at radius 3 is 0.964 bits per heavy atom. The van der Waals surface area contributed by atoms with Crippen molar-refractivity contribution in [3.8, 4) is 0 Å². The molecular weight excluding hydrogens is 1450 g/mol. The van der Waals surface area contributed by atoms with Crippen molar-refractivity contribution in [3.63, 3.8) is 0 Å². The molecular formula is C85H149N3O19Si3. The van der Waals surface area contributed by atoms with Gasteiger partial charge in [0.25, 0.3) is 0 Å². The van der Waals surface area contributed by atoms with E-state index >= 15 is 0 Å². The predicted molar refractivity (Wildman–Crippen MR) is 424 cm³/mol. The molecule has 630 valence electrons. The highest BCUT2D eigenvalue weighted by Gasteiger charge is 2.74. The van der Waals surface area contributed by atoms with E-state index in [0.29, 0.717) is 96.7 Å². The highest BCUT2D eigenvalue weighted by molar-refractivity contribution is 6.77. The lowest BCUT2D eigenvalue weighted by Crippen LogP contribution is -2.70. The molecule has 4 spiro atoms. The van der Waals surface area contributed by atoms with E-state index < -0.39 is 94.9 Å². The van der Waals surface area contributed by atoms with Gasteiger partial charge in [0.15, 0.2) is 47.6 Å². The second-order valence-electron chi connectivity index (χ2n) is 42.7. The summed E-state index contributed by atoms with van der Waals surface area (Å²) >= 11 is 0. The van der Waals surface area contributed by atoms with Crippen molar-refractivity contribution in [2.45, 2.75) is 398 Å². The summed E-state index contributed by atoms with van der Waals surface area (Å²) in [6.07, 6.45) is 20.5. The van der Waals surface area contributed by atoms with Gasteiger partial charge in [0.05, 0.1) is 40.6 Å². The maximum Gasteiger partial charge on any atom is 0.223 e. The topological polar surface area (TPSA) is 235 Å². The number of nitrogens with one attached hydrogen (secondary N) is 3. The third kappa shape index (κ3) is 16.4. The first kappa shape index (κ1) is 86.3. The molecule has 20 rings (SSSR count). The minimum absolute atomic E-state index is 0. The van der Waals surface area contributed by atoms with Gasteiger partial charge in [-0.25, -0.2) is 39.1 Å². The third-order valence-electron chi connectivity index (χ3n) is 30.9. The fourth-order valence-electron chi connectivity index (χ4n) is 24.4. The van der Waals surface area contributed by atoms with E-state index in [2.05, 4.69) is 130 Å². The number of carbonyl (C=O) groups is 3. The van der Waals surface area contributed by atoms with Gasteiger partial charge in [-0.05, 0) is 208 Å². The molecule has 4 saturated carbocycles. The van der Waals surface area contributed by atoms with Crippen molar-refractivity contribution in [1.82, 2.24) is 16.0 Å². The molecule has 3 amide bonds. The van der Waals surface area contributed by atoms with Crippen LogP contribution in [-0.2, 0) is 91.4 Å². The monoisotopic (exact) mass is 1600 g/mol. The number of fused-ring (bicyclic) bond motifs is 8. The fraction of sp³-hybridized carbons (Fsp3) is 0.965. The van der Waals surface area contributed by atoms with Gasteiger partial charge in [0.2, 0.25) is 40.9 Å². The smallest absolute Gasteiger partial charge is 0.223 e. The summed E-state index contributed by atoms with van der Waals surface area (Å²) in [6.45, 7) is 47.9. The first-order valence-electron chi connectivity index (χ1n) is 43.8. The largest absolute Gasteiger partial charge is 0.359 e. The van der Waals surface area contributed by atoms with E-state index in [1.807, 2.05) is 27.7 Å². The lowest BCUT2D eigenvalue weighted by Gasteiger charge is -2.61. The summed E-state index contributed by atoms with van der Waals surface area (Å²) in [5, 5.41) is 9.61. The number of hydrogen-bond donors (Lipinski definition) is 3. The van der Waals surface area contributed by atoms with Gasteiger partial charge < -0.3 is 53.8 Å². The van der Waals surface area contributed by atoms with E-state index in [4.69, 9.17) is 77.0 Å². The van der Waals surface area contributed by atoms with Crippen molar-refractivity contribution in [1.29, 1.82) is 0 Å². The van der Waals surface area contributed by atoms with E-state index in [1.165, 1.54) is 18.9 Å². The molecule has 16 saturated heterocycles. The zero-order valence-electron chi connectivity index (χ0n) is 70.8. The molecule has 0 radical (unpaired) electrons. The van der Waals surface area contributed by atoms with Crippen molar-refractivity contribution >= 4 is 41.9 Å². The van der Waals surface area contributed by atoms with E-state index in [0.717, 1.165) is 128 Å². The molecule has 0 aromatic carbocycles. The van der Waals surface area contributed by atoms with E-state index in [9.17, 15) is 14.4 Å². The summed E-state index contributed by atoms with van der Waals surface area (Å²) in [6, 6.07) is 1.25. The predicted octanol–water partition coefficient (Wildman–Crippen LogP) is 16.4. The van der Waals surface area contributed by atoms with Crippen LogP contribution in [0.5, 0.6) is 0 Å². The average molecular weight is 1600 g/mol. The molecule has 16 heterocycles. The lowest BCUT2D eigenvalue weighted by atomic mass is 9.56. The van der Waals surface area contributed by atoms with Gasteiger partial charge in [-0.3, -0.25) is 14.4 Å². The van der Waals surface area contributed by atoms with Crippen LogP contribution in [0.15, 0.2) is 0 Å². The minimum Gasteiger partial charge on any atom is -0.359 e. The Labute approximate surface area is 663 Å². The van der Waals surface area contributed by atoms with Crippen LogP contribution in [0.2, 0.25) is 65.0 Å². The van der Waals surface area contributed by atoms with Crippen LogP contribution in [0, 0.1) is 101 Å².